The molecule has 2 aromatic carbocycles. The molecule has 0 heterocycles. The van der Waals surface area contributed by atoms with E-state index in [-0.39, 0.29) is 0 Å². The lowest BCUT2D eigenvalue weighted by Crippen LogP contribution is -2.44. The van der Waals surface area contributed by atoms with Crippen LogP contribution in [0.1, 0.15) is 22.3 Å². The van der Waals surface area contributed by atoms with E-state index in [1.807, 2.05) is 30.3 Å². The number of hydrogen-bond acceptors (Lipinski definition) is 4. The second-order valence-electron chi connectivity index (χ2n) is 5.36. The lowest BCUT2D eigenvalue weighted by Gasteiger charge is -2.26. The van der Waals surface area contributed by atoms with Crippen LogP contribution in [0.15, 0.2) is 60.7 Å². The molecule has 0 aliphatic heterocycles. The molecule has 132 valence electrons. The largest absolute Gasteiger partial charge is 0.480 e. The maximum atomic E-state index is 12.5. The number of thioether (sulfide) groups is 1. The Morgan fingerprint density at radius 3 is 2.24 bits per heavy atom. The smallest absolute Gasteiger partial charge is 0.329 e. The molecule has 0 bridgehead atoms. The van der Waals surface area contributed by atoms with Crippen LogP contribution in [0.4, 0.5) is 0 Å². The van der Waals surface area contributed by atoms with Crippen LogP contribution in [-0.4, -0.2) is 41.0 Å². The Hall–Kier alpha value is -2.31. The Labute approximate surface area is 151 Å². The van der Waals surface area contributed by atoms with E-state index in [0.29, 0.717) is 17.7 Å². The van der Waals surface area contributed by atoms with Crippen LogP contribution in [-0.2, 0) is 15.4 Å². The van der Waals surface area contributed by atoms with E-state index in [9.17, 15) is 14.7 Å². The van der Waals surface area contributed by atoms with Crippen LogP contribution in [0.25, 0.3) is 0 Å². The summed E-state index contributed by atoms with van der Waals surface area (Å²) in [5.74, 6) is -0.129. The Kier molecular flexibility index (Phi) is 7.50. The van der Waals surface area contributed by atoms with Gasteiger partial charge in [0.25, 0.3) is 5.91 Å². The third-order valence-electron chi connectivity index (χ3n) is 3.63. The highest BCUT2D eigenvalue weighted by Gasteiger charge is 2.30. The molecule has 2 aromatic rings. The Bertz CT molecular complexity index is 678. The molecule has 2 rings (SSSR count). The fourth-order valence-electron chi connectivity index (χ4n) is 2.36. The van der Waals surface area contributed by atoms with Gasteiger partial charge in [-0.1, -0.05) is 48.5 Å². The quantitative estimate of drug-likeness (QED) is 0.548. The van der Waals surface area contributed by atoms with E-state index in [1.165, 1.54) is 12.7 Å². The minimum Gasteiger partial charge on any atom is -0.480 e. The van der Waals surface area contributed by atoms with Gasteiger partial charge in [-0.25, -0.2) is 9.86 Å². The van der Waals surface area contributed by atoms with Gasteiger partial charge in [-0.15, -0.1) is 0 Å². The Morgan fingerprint density at radius 1 is 1.08 bits per heavy atom. The number of amides is 1. The molecule has 0 aliphatic rings. The standard InChI is InChI=1S/C19H21NO4S/c1-24-20(18(21)16-10-6-3-7-11-16)17(19(22)23)12-13-25-14-15-8-4-2-5-9-15/h2-11,17H,12-14H2,1H3,(H,22,23)/t17-/m0/s1. The van der Waals surface area contributed by atoms with Crippen molar-refractivity contribution >= 4 is 23.6 Å². The second kappa shape index (κ2) is 9.86. The normalized spacial score (nSPS) is 11.7. The first-order chi connectivity index (χ1) is 12.1. The number of benzene rings is 2. The molecule has 0 radical (unpaired) electrons. The van der Waals surface area contributed by atoms with Crippen molar-refractivity contribution in [1.29, 1.82) is 0 Å². The fourth-order valence-corrected chi connectivity index (χ4v) is 3.32. The monoisotopic (exact) mass is 359 g/mol. The maximum Gasteiger partial charge on any atom is 0.329 e. The Morgan fingerprint density at radius 2 is 1.68 bits per heavy atom. The first-order valence-corrected chi connectivity index (χ1v) is 9.06. The van der Waals surface area contributed by atoms with Crippen molar-refractivity contribution in [3.63, 3.8) is 0 Å². The number of hydrogen-bond donors (Lipinski definition) is 1. The number of aliphatic carboxylic acids is 1. The predicted octanol–water partition coefficient (Wildman–Crippen LogP) is 3.47. The van der Waals surface area contributed by atoms with Crippen LogP contribution in [0.2, 0.25) is 0 Å². The van der Waals surface area contributed by atoms with E-state index >= 15 is 0 Å². The van der Waals surface area contributed by atoms with Crippen LogP contribution in [0.5, 0.6) is 0 Å². The third kappa shape index (κ3) is 5.62. The molecule has 0 aliphatic carbocycles. The van der Waals surface area contributed by atoms with Crippen molar-refractivity contribution in [2.24, 2.45) is 0 Å². The summed E-state index contributed by atoms with van der Waals surface area (Å²) in [6, 6.07) is 17.5. The van der Waals surface area contributed by atoms with Crippen molar-refractivity contribution in [1.82, 2.24) is 5.06 Å². The topological polar surface area (TPSA) is 66.8 Å². The maximum absolute atomic E-state index is 12.5. The molecule has 0 saturated heterocycles. The fraction of sp³-hybridized carbons (Fsp3) is 0.263. The van der Waals surface area contributed by atoms with Crippen LogP contribution in [0.3, 0.4) is 0 Å². The highest BCUT2D eigenvalue weighted by atomic mass is 32.2. The highest BCUT2D eigenvalue weighted by Crippen LogP contribution is 2.17. The number of carboxylic acids is 1. The first kappa shape index (κ1) is 19.0. The van der Waals surface area contributed by atoms with Gasteiger partial charge in [0, 0.05) is 11.3 Å². The zero-order valence-corrected chi connectivity index (χ0v) is 14.8. The van der Waals surface area contributed by atoms with Crippen molar-refractivity contribution in [3.05, 3.63) is 71.8 Å². The predicted molar refractivity (Wildman–Crippen MR) is 98.3 cm³/mol. The van der Waals surface area contributed by atoms with Crippen LogP contribution >= 0.6 is 11.8 Å². The van der Waals surface area contributed by atoms with Crippen molar-refractivity contribution < 1.29 is 19.5 Å². The molecular formula is C19H21NO4S. The molecular weight excluding hydrogens is 338 g/mol. The van der Waals surface area contributed by atoms with Crippen LogP contribution < -0.4 is 0 Å². The summed E-state index contributed by atoms with van der Waals surface area (Å²) < 4.78 is 0. The van der Waals surface area contributed by atoms with Gasteiger partial charge in [0.2, 0.25) is 0 Å². The van der Waals surface area contributed by atoms with Crippen molar-refractivity contribution in [2.75, 3.05) is 12.9 Å². The molecule has 0 unspecified atom stereocenters. The molecule has 5 nitrogen and oxygen atoms in total. The number of carbonyl (C=O) groups excluding carboxylic acids is 1. The average Bonchev–Trinajstić information content (AvgIpc) is 2.65. The summed E-state index contributed by atoms with van der Waals surface area (Å²) in [7, 11) is 1.31. The summed E-state index contributed by atoms with van der Waals surface area (Å²) in [5.41, 5.74) is 1.58. The molecule has 0 saturated carbocycles. The van der Waals surface area contributed by atoms with Gasteiger partial charge in [0.1, 0.15) is 0 Å². The van der Waals surface area contributed by atoms with E-state index in [2.05, 4.69) is 0 Å². The number of nitrogens with zero attached hydrogens (tertiary/aromatic N) is 1. The second-order valence-corrected chi connectivity index (χ2v) is 6.47. The van der Waals surface area contributed by atoms with Crippen LogP contribution in [0, 0.1) is 0 Å². The molecule has 1 amide bonds. The van der Waals surface area contributed by atoms with Crippen molar-refractivity contribution in [2.45, 2.75) is 18.2 Å². The molecule has 0 spiro atoms. The summed E-state index contributed by atoms with van der Waals surface area (Å²) >= 11 is 1.63. The summed E-state index contributed by atoms with van der Waals surface area (Å²) in [6.45, 7) is 0. The minimum atomic E-state index is -1.08. The van der Waals surface area contributed by atoms with Gasteiger partial charge >= 0.3 is 5.97 Å². The highest BCUT2D eigenvalue weighted by molar-refractivity contribution is 7.98. The van der Waals surface area contributed by atoms with Gasteiger partial charge in [-0.05, 0) is 29.9 Å². The summed E-state index contributed by atoms with van der Waals surface area (Å²) in [4.78, 5) is 29.2. The molecule has 0 aromatic heterocycles. The number of hydroxylamine groups is 2. The summed E-state index contributed by atoms with van der Waals surface area (Å²) in [6.07, 6.45) is 0.305. The summed E-state index contributed by atoms with van der Waals surface area (Å²) in [5, 5.41) is 10.4. The number of rotatable bonds is 9. The molecule has 1 N–H and O–H groups in total. The van der Waals surface area contributed by atoms with Gasteiger partial charge in [-0.3, -0.25) is 9.63 Å². The first-order valence-electron chi connectivity index (χ1n) is 7.90. The van der Waals surface area contributed by atoms with Gasteiger partial charge < -0.3 is 5.11 Å². The zero-order valence-electron chi connectivity index (χ0n) is 14.0. The van der Waals surface area contributed by atoms with Gasteiger partial charge in [-0.2, -0.15) is 11.8 Å². The lowest BCUT2D eigenvalue weighted by molar-refractivity contribution is -0.166. The number of carbonyl (C=O) groups is 2. The lowest BCUT2D eigenvalue weighted by atomic mass is 10.1. The Balaban J connectivity index is 1.95. The molecule has 6 heteroatoms. The molecule has 25 heavy (non-hydrogen) atoms. The molecule has 1 atom stereocenters. The number of carboxylic acid groups (broad SMARTS) is 1. The van der Waals surface area contributed by atoms with Gasteiger partial charge in [0.15, 0.2) is 6.04 Å². The van der Waals surface area contributed by atoms with Crippen molar-refractivity contribution in [3.8, 4) is 0 Å². The van der Waals surface area contributed by atoms with E-state index in [4.69, 9.17) is 4.84 Å². The zero-order chi connectivity index (χ0) is 18.1. The van der Waals surface area contributed by atoms with E-state index < -0.39 is 17.9 Å². The SMILES string of the molecule is CON(C(=O)c1ccccc1)[C@@H](CCSCc1ccccc1)C(=O)O. The average molecular weight is 359 g/mol. The van der Waals surface area contributed by atoms with Gasteiger partial charge in [0.05, 0.1) is 7.11 Å². The third-order valence-corrected chi connectivity index (χ3v) is 4.69. The minimum absolute atomic E-state index is 0.305. The van der Waals surface area contributed by atoms with E-state index in [0.717, 1.165) is 10.8 Å². The van der Waals surface area contributed by atoms with E-state index in [1.54, 1.807) is 42.1 Å². The molecule has 0 fully saturated rings.